The van der Waals surface area contributed by atoms with Crippen LogP contribution in [0, 0.1) is 6.92 Å². The molecule has 2 rings (SSSR count). The fourth-order valence-electron chi connectivity index (χ4n) is 1.96. The summed E-state index contributed by atoms with van der Waals surface area (Å²) < 4.78 is 15.5. The lowest BCUT2D eigenvalue weighted by molar-refractivity contribution is -0.143. The molecule has 21 heavy (non-hydrogen) atoms. The van der Waals surface area contributed by atoms with E-state index in [0.29, 0.717) is 12.3 Å². The van der Waals surface area contributed by atoms with Gasteiger partial charge in [0.1, 0.15) is 11.5 Å². The van der Waals surface area contributed by atoms with Gasteiger partial charge < -0.3 is 19.2 Å². The van der Waals surface area contributed by atoms with Crippen LogP contribution in [0.15, 0.2) is 22.6 Å². The van der Waals surface area contributed by atoms with Crippen LogP contribution in [0.4, 0.5) is 0 Å². The van der Waals surface area contributed by atoms with Gasteiger partial charge in [0.2, 0.25) is 0 Å². The first kappa shape index (κ1) is 15.3. The highest BCUT2D eigenvalue weighted by Gasteiger charge is 2.16. The van der Waals surface area contributed by atoms with Crippen molar-refractivity contribution in [2.45, 2.75) is 25.9 Å². The lowest BCUT2D eigenvalue weighted by atomic mass is 10.2. The van der Waals surface area contributed by atoms with E-state index < -0.39 is 5.97 Å². The van der Waals surface area contributed by atoms with E-state index in [1.165, 1.54) is 12.2 Å². The van der Waals surface area contributed by atoms with Crippen LogP contribution >= 0.6 is 0 Å². The van der Waals surface area contributed by atoms with Gasteiger partial charge in [0.15, 0.2) is 6.61 Å². The Morgan fingerprint density at radius 2 is 2.33 bits per heavy atom. The molecule has 6 heteroatoms. The van der Waals surface area contributed by atoms with Gasteiger partial charge in [0.05, 0.1) is 6.10 Å². The van der Waals surface area contributed by atoms with Gasteiger partial charge in [-0.25, -0.2) is 4.79 Å². The highest BCUT2D eigenvalue weighted by atomic mass is 16.5. The number of aryl methyl sites for hydroxylation is 1. The smallest absolute Gasteiger partial charge is 0.331 e. The first-order valence-electron chi connectivity index (χ1n) is 6.93. The third-order valence-electron chi connectivity index (χ3n) is 3.04. The number of nitrogens with one attached hydrogen (secondary N) is 1. The van der Waals surface area contributed by atoms with Gasteiger partial charge in [-0.3, -0.25) is 4.79 Å². The van der Waals surface area contributed by atoms with Gasteiger partial charge in [0.25, 0.3) is 5.91 Å². The molecule has 114 valence electrons. The third-order valence-corrected chi connectivity index (χ3v) is 3.04. The molecule has 1 unspecified atom stereocenters. The summed E-state index contributed by atoms with van der Waals surface area (Å²) in [6, 6.07) is 3.54. The van der Waals surface area contributed by atoms with Crippen molar-refractivity contribution in [3.8, 4) is 0 Å². The Kier molecular flexibility index (Phi) is 5.57. The Morgan fingerprint density at radius 3 is 3.00 bits per heavy atom. The van der Waals surface area contributed by atoms with E-state index in [1.54, 1.807) is 12.1 Å². The molecule has 0 spiro atoms. The van der Waals surface area contributed by atoms with Crippen molar-refractivity contribution in [1.29, 1.82) is 0 Å². The quantitative estimate of drug-likeness (QED) is 0.634. The van der Waals surface area contributed by atoms with Crippen LogP contribution < -0.4 is 5.32 Å². The number of furan rings is 1. The number of esters is 1. The molecule has 0 aliphatic carbocycles. The van der Waals surface area contributed by atoms with Gasteiger partial charge in [-0.15, -0.1) is 0 Å². The largest absolute Gasteiger partial charge is 0.462 e. The Hall–Kier alpha value is -2.08. The summed E-state index contributed by atoms with van der Waals surface area (Å²) in [7, 11) is 0. The van der Waals surface area contributed by atoms with Gasteiger partial charge >= 0.3 is 5.97 Å². The second-order valence-electron chi connectivity index (χ2n) is 4.83. The monoisotopic (exact) mass is 293 g/mol. The number of hydrogen-bond acceptors (Lipinski definition) is 5. The highest BCUT2D eigenvalue weighted by molar-refractivity contribution is 5.88. The number of carbonyl (C=O) groups excluding carboxylic acids is 2. The minimum atomic E-state index is -0.587. The van der Waals surface area contributed by atoms with E-state index >= 15 is 0 Å². The number of ether oxygens (including phenoxy) is 2. The summed E-state index contributed by atoms with van der Waals surface area (Å²) in [6.45, 7) is 2.71. The van der Waals surface area contributed by atoms with Crippen molar-refractivity contribution in [3.63, 3.8) is 0 Å². The highest BCUT2D eigenvalue weighted by Crippen LogP contribution is 2.10. The van der Waals surface area contributed by atoms with E-state index in [2.05, 4.69) is 5.32 Å². The van der Waals surface area contributed by atoms with E-state index in [-0.39, 0.29) is 18.6 Å². The van der Waals surface area contributed by atoms with Crippen molar-refractivity contribution in [2.75, 3.05) is 19.8 Å². The number of amides is 1. The first-order valence-corrected chi connectivity index (χ1v) is 6.93. The molecule has 1 fully saturated rings. The van der Waals surface area contributed by atoms with E-state index in [4.69, 9.17) is 13.9 Å². The Bertz CT molecular complexity index is 514. The van der Waals surface area contributed by atoms with Crippen LogP contribution in [0.2, 0.25) is 0 Å². The molecule has 1 aromatic heterocycles. The van der Waals surface area contributed by atoms with E-state index in [9.17, 15) is 9.59 Å². The predicted octanol–water partition coefficient (Wildman–Crippen LogP) is 1.44. The lowest BCUT2D eigenvalue weighted by Crippen LogP contribution is -2.34. The van der Waals surface area contributed by atoms with E-state index in [1.807, 2.05) is 6.92 Å². The van der Waals surface area contributed by atoms with Crippen molar-refractivity contribution in [1.82, 2.24) is 5.32 Å². The van der Waals surface area contributed by atoms with Crippen LogP contribution in [-0.2, 0) is 19.1 Å². The van der Waals surface area contributed by atoms with Crippen LogP contribution in [0.1, 0.15) is 24.4 Å². The molecule has 1 amide bonds. The van der Waals surface area contributed by atoms with Crippen LogP contribution in [0.5, 0.6) is 0 Å². The molecule has 0 aromatic carbocycles. The molecular weight excluding hydrogens is 274 g/mol. The van der Waals surface area contributed by atoms with Crippen LogP contribution in [-0.4, -0.2) is 37.7 Å². The molecule has 1 saturated heterocycles. The zero-order chi connectivity index (χ0) is 15.1. The zero-order valence-corrected chi connectivity index (χ0v) is 12.0. The van der Waals surface area contributed by atoms with Crippen molar-refractivity contribution < 1.29 is 23.5 Å². The van der Waals surface area contributed by atoms with Gasteiger partial charge in [-0.1, -0.05) is 0 Å². The SMILES string of the molecule is Cc1ccc(/C=C/C(=O)OCC(=O)NCC2CCCO2)o1. The van der Waals surface area contributed by atoms with E-state index in [0.717, 1.165) is 25.2 Å². The minimum Gasteiger partial charge on any atom is -0.462 e. The predicted molar refractivity (Wildman–Crippen MR) is 75.4 cm³/mol. The minimum absolute atomic E-state index is 0.0757. The topological polar surface area (TPSA) is 77.8 Å². The summed E-state index contributed by atoms with van der Waals surface area (Å²) in [6.07, 6.45) is 4.77. The summed E-state index contributed by atoms with van der Waals surface area (Å²) in [4.78, 5) is 22.9. The van der Waals surface area contributed by atoms with Crippen molar-refractivity contribution in [2.24, 2.45) is 0 Å². The Morgan fingerprint density at radius 1 is 1.48 bits per heavy atom. The van der Waals surface area contributed by atoms with Gasteiger partial charge in [0, 0.05) is 19.2 Å². The third kappa shape index (κ3) is 5.43. The maximum Gasteiger partial charge on any atom is 0.331 e. The molecule has 1 aliphatic rings. The molecule has 1 aromatic rings. The molecule has 2 heterocycles. The fourth-order valence-corrected chi connectivity index (χ4v) is 1.96. The number of rotatable bonds is 6. The van der Waals surface area contributed by atoms with Gasteiger partial charge in [-0.2, -0.15) is 0 Å². The number of carbonyl (C=O) groups is 2. The average Bonchev–Trinajstić information content (AvgIpc) is 3.12. The molecule has 0 saturated carbocycles. The molecular formula is C15H19NO5. The second kappa shape index (κ2) is 7.64. The lowest BCUT2D eigenvalue weighted by Gasteiger charge is -2.10. The molecule has 0 radical (unpaired) electrons. The van der Waals surface area contributed by atoms with Crippen molar-refractivity contribution in [3.05, 3.63) is 29.7 Å². The fraction of sp³-hybridized carbons (Fsp3) is 0.467. The first-order chi connectivity index (χ1) is 10.1. The molecule has 1 atom stereocenters. The molecule has 1 aliphatic heterocycles. The van der Waals surface area contributed by atoms with Gasteiger partial charge in [-0.05, 0) is 38.0 Å². The summed E-state index contributed by atoms with van der Waals surface area (Å²) in [5.74, 6) is 0.404. The van der Waals surface area contributed by atoms with Crippen molar-refractivity contribution >= 4 is 18.0 Å². The molecule has 6 nitrogen and oxygen atoms in total. The maximum absolute atomic E-state index is 11.5. The maximum atomic E-state index is 11.5. The molecule has 0 bridgehead atoms. The average molecular weight is 293 g/mol. The Labute approximate surface area is 123 Å². The number of hydrogen-bond donors (Lipinski definition) is 1. The summed E-state index contributed by atoms with van der Waals surface area (Å²) >= 11 is 0. The molecule has 1 N–H and O–H groups in total. The Balaban J connectivity index is 1.63. The zero-order valence-electron chi connectivity index (χ0n) is 12.0. The second-order valence-corrected chi connectivity index (χ2v) is 4.83. The summed E-state index contributed by atoms with van der Waals surface area (Å²) in [5, 5.41) is 2.67. The normalized spacial score (nSPS) is 18.0. The summed E-state index contributed by atoms with van der Waals surface area (Å²) in [5.41, 5.74) is 0. The van der Waals surface area contributed by atoms with Crippen LogP contribution in [0.3, 0.4) is 0 Å². The standard InChI is InChI=1S/C15H19NO5/c1-11-4-5-12(21-11)6-7-15(18)20-10-14(17)16-9-13-3-2-8-19-13/h4-7,13H,2-3,8-10H2,1H3,(H,16,17)/b7-6+. The van der Waals surface area contributed by atoms with Crippen LogP contribution in [0.25, 0.3) is 6.08 Å².